The van der Waals surface area contributed by atoms with E-state index >= 15 is 0 Å². The summed E-state index contributed by atoms with van der Waals surface area (Å²) in [6.45, 7) is 0. The van der Waals surface area contributed by atoms with Gasteiger partial charge >= 0.3 is 0 Å². The minimum atomic E-state index is 0.275. The molecule has 3 nitrogen and oxygen atoms in total. The third-order valence-corrected chi connectivity index (χ3v) is 3.80. The minimum absolute atomic E-state index is 0.275. The molecule has 2 rings (SSSR count). The molecule has 0 aromatic carbocycles. The van der Waals surface area contributed by atoms with E-state index < -0.39 is 0 Å². The number of nitrogens with zero attached hydrogens (tertiary/aromatic N) is 2. The van der Waals surface area contributed by atoms with Gasteiger partial charge in [0.1, 0.15) is 11.6 Å². The molecule has 0 saturated carbocycles. The fourth-order valence-electron chi connectivity index (χ4n) is 1.66. The SMILES string of the molecule is Cn1ccnc1CC(=O)C1CCSC1. The predicted molar refractivity (Wildman–Crippen MR) is 57.4 cm³/mol. The number of Topliss-reactive ketones (excluding diaryl/α,β-unsaturated/α-hetero) is 1. The fourth-order valence-corrected chi connectivity index (χ4v) is 2.91. The lowest BCUT2D eigenvalue weighted by molar-refractivity contribution is -0.121. The van der Waals surface area contributed by atoms with E-state index in [1.165, 1.54) is 0 Å². The lowest BCUT2D eigenvalue weighted by atomic mass is 10.0. The summed E-state index contributed by atoms with van der Waals surface area (Å²) in [4.78, 5) is 16.0. The van der Waals surface area contributed by atoms with Crippen LogP contribution in [0.3, 0.4) is 0 Å². The van der Waals surface area contributed by atoms with Crippen molar-refractivity contribution in [2.75, 3.05) is 11.5 Å². The summed E-state index contributed by atoms with van der Waals surface area (Å²) in [6.07, 6.45) is 5.17. The molecular formula is C10H14N2OS. The minimum Gasteiger partial charge on any atom is -0.338 e. The Labute approximate surface area is 87.9 Å². The van der Waals surface area contributed by atoms with Gasteiger partial charge in [0.25, 0.3) is 0 Å². The van der Waals surface area contributed by atoms with E-state index in [0.717, 1.165) is 23.8 Å². The van der Waals surface area contributed by atoms with Gasteiger partial charge in [-0.15, -0.1) is 0 Å². The summed E-state index contributed by atoms with van der Waals surface area (Å²) in [6, 6.07) is 0. The Kier molecular flexibility index (Phi) is 2.91. The van der Waals surface area contributed by atoms with Crippen LogP contribution in [-0.2, 0) is 18.3 Å². The maximum atomic E-state index is 11.8. The van der Waals surface area contributed by atoms with Crippen LogP contribution in [0.2, 0.25) is 0 Å². The van der Waals surface area contributed by atoms with Crippen molar-refractivity contribution in [1.29, 1.82) is 0 Å². The van der Waals surface area contributed by atoms with Crippen molar-refractivity contribution < 1.29 is 4.79 Å². The summed E-state index contributed by atoms with van der Waals surface area (Å²) in [5.74, 6) is 3.65. The summed E-state index contributed by atoms with van der Waals surface area (Å²) in [5, 5.41) is 0. The molecule has 1 saturated heterocycles. The van der Waals surface area contributed by atoms with Gasteiger partial charge in [-0.25, -0.2) is 4.98 Å². The molecule has 1 atom stereocenters. The molecule has 0 bridgehead atoms. The van der Waals surface area contributed by atoms with Crippen LogP contribution in [0.25, 0.3) is 0 Å². The molecule has 1 aliphatic heterocycles. The van der Waals surface area contributed by atoms with Crippen LogP contribution in [0.5, 0.6) is 0 Å². The summed E-state index contributed by atoms with van der Waals surface area (Å²) in [5.41, 5.74) is 0. The smallest absolute Gasteiger partial charge is 0.144 e. The van der Waals surface area contributed by atoms with Crippen molar-refractivity contribution in [2.45, 2.75) is 12.8 Å². The maximum absolute atomic E-state index is 11.8. The number of hydrogen-bond donors (Lipinski definition) is 0. The van der Waals surface area contributed by atoms with Crippen molar-refractivity contribution in [2.24, 2.45) is 13.0 Å². The molecule has 0 amide bonds. The normalized spacial score (nSPS) is 21.4. The van der Waals surface area contributed by atoms with E-state index in [2.05, 4.69) is 4.98 Å². The van der Waals surface area contributed by atoms with Crippen LogP contribution in [0.4, 0.5) is 0 Å². The number of hydrogen-bond acceptors (Lipinski definition) is 3. The third kappa shape index (κ3) is 2.00. The van der Waals surface area contributed by atoms with Gasteiger partial charge in [-0.3, -0.25) is 4.79 Å². The molecule has 1 aromatic rings. The molecule has 14 heavy (non-hydrogen) atoms. The molecule has 76 valence electrons. The van der Waals surface area contributed by atoms with Crippen LogP contribution in [0.1, 0.15) is 12.2 Å². The van der Waals surface area contributed by atoms with E-state index in [1.807, 2.05) is 29.6 Å². The number of aryl methyl sites for hydroxylation is 1. The molecule has 0 radical (unpaired) electrons. The number of rotatable bonds is 3. The Morgan fingerprint density at radius 1 is 1.79 bits per heavy atom. The second-order valence-electron chi connectivity index (χ2n) is 3.66. The largest absolute Gasteiger partial charge is 0.338 e. The van der Waals surface area contributed by atoms with Gasteiger partial charge in [0.2, 0.25) is 0 Å². The Hall–Kier alpha value is -0.770. The first kappa shape index (κ1) is 9.77. The zero-order chi connectivity index (χ0) is 9.97. The van der Waals surface area contributed by atoms with Crippen LogP contribution in [0.15, 0.2) is 12.4 Å². The van der Waals surface area contributed by atoms with Gasteiger partial charge in [-0.1, -0.05) is 0 Å². The molecule has 1 fully saturated rings. The molecule has 4 heteroatoms. The van der Waals surface area contributed by atoms with E-state index in [4.69, 9.17) is 0 Å². The van der Waals surface area contributed by atoms with Gasteiger partial charge in [0, 0.05) is 31.1 Å². The lowest BCUT2D eigenvalue weighted by Gasteiger charge is -2.06. The van der Waals surface area contributed by atoms with E-state index in [9.17, 15) is 4.79 Å². The highest BCUT2D eigenvalue weighted by Crippen LogP contribution is 2.24. The predicted octanol–water partition coefficient (Wildman–Crippen LogP) is 1.28. The molecule has 2 heterocycles. The fraction of sp³-hybridized carbons (Fsp3) is 0.600. The summed E-state index contributed by atoms with van der Waals surface area (Å²) in [7, 11) is 1.93. The number of thioether (sulfide) groups is 1. The molecule has 0 aliphatic carbocycles. The van der Waals surface area contributed by atoms with Gasteiger partial charge in [0.15, 0.2) is 0 Å². The highest BCUT2D eigenvalue weighted by atomic mass is 32.2. The number of imidazole rings is 1. The molecule has 1 aromatic heterocycles. The first-order valence-electron chi connectivity index (χ1n) is 4.84. The van der Waals surface area contributed by atoms with Crippen LogP contribution in [0, 0.1) is 5.92 Å². The van der Waals surface area contributed by atoms with Gasteiger partial charge in [-0.05, 0) is 12.2 Å². The third-order valence-electron chi connectivity index (χ3n) is 2.64. The first-order chi connectivity index (χ1) is 6.77. The molecule has 0 N–H and O–H groups in total. The Morgan fingerprint density at radius 3 is 3.21 bits per heavy atom. The van der Waals surface area contributed by atoms with Crippen LogP contribution >= 0.6 is 11.8 Å². The number of ketones is 1. The zero-order valence-corrected chi connectivity index (χ0v) is 9.09. The number of carbonyl (C=O) groups is 1. The average molecular weight is 210 g/mol. The van der Waals surface area contributed by atoms with Gasteiger partial charge < -0.3 is 4.57 Å². The van der Waals surface area contributed by atoms with Crippen LogP contribution in [-0.4, -0.2) is 26.8 Å². The van der Waals surface area contributed by atoms with Gasteiger partial charge in [-0.2, -0.15) is 11.8 Å². The molecule has 0 spiro atoms. The van der Waals surface area contributed by atoms with Crippen LogP contribution < -0.4 is 0 Å². The van der Waals surface area contributed by atoms with Crippen molar-refractivity contribution in [3.63, 3.8) is 0 Å². The van der Waals surface area contributed by atoms with Crippen molar-refractivity contribution >= 4 is 17.5 Å². The Balaban J connectivity index is 1.97. The summed E-state index contributed by atoms with van der Waals surface area (Å²) >= 11 is 1.88. The zero-order valence-electron chi connectivity index (χ0n) is 8.27. The van der Waals surface area contributed by atoms with E-state index in [1.54, 1.807) is 6.20 Å². The Bertz CT molecular complexity index is 329. The van der Waals surface area contributed by atoms with Crippen molar-refractivity contribution in [3.8, 4) is 0 Å². The number of aromatic nitrogens is 2. The average Bonchev–Trinajstić information content (AvgIpc) is 2.77. The lowest BCUT2D eigenvalue weighted by Crippen LogP contribution is -2.18. The molecule has 1 aliphatic rings. The van der Waals surface area contributed by atoms with E-state index in [0.29, 0.717) is 12.2 Å². The Morgan fingerprint density at radius 2 is 2.64 bits per heavy atom. The van der Waals surface area contributed by atoms with E-state index in [-0.39, 0.29) is 5.92 Å². The summed E-state index contributed by atoms with van der Waals surface area (Å²) < 4.78 is 1.92. The quantitative estimate of drug-likeness (QED) is 0.754. The highest BCUT2D eigenvalue weighted by Gasteiger charge is 2.23. The highest BCUT2D eigenvalue weighted by molar-refractivity contribution is 7.99. The standard InChI is InChI=1S/C10H14N2OS/c1-12-4-3-11-10(12)6-9(13)8-2-5-14-7-8/h3-4,8H,2,5-7H2,1H3. The second-order valence-corrected chi connectivity index (χ2v) is 4.81. The topological polar surface area (TPSA) is 34.9 Å². The van der Waals surface area contributed by atoms with Crippen molar-refractivity contribution in [3.05, 3.63) is 18.2 Å². The monoisotopic (exact) mass is 210 g/mol. The first-order valence-corrected chi connectivity index (χ1v) is 5.99. The van der Waals surface area contributed by atoms with Gasteiger partial charge in [0.05, 0.1) is 6.42 Å². The molecular weight excluding hydrogens is 196 g/mol. The maximum Gasteiger partial charge on any atom is 0.144 e. The second kappa shape index (κ2) is 4.17. The van der Waals surface area contributed by atoms with Crippen molar-refractivity contribution in [1.82, 2.24) is 9.55 Å². The molecule has 1 unspecified atom stereocenters. The number of carbonyl (C=O) groups excluding carboxylic acids is 1.